The molecule has 0 aromatic carbocycles. The summed E-state index contributed by atoms with van der Waals surface area (Å²) in [6.07, 6.45) is 12.5. The largest absolute Gasteiger partial charge is 0.151 e. The van der Waals surface area contributed by atoms with Crippen LogP contribution in [-0.2, 0) is 0 Å². The molecule has 2 heteroatoms. The molecule has 0 radical (unpaired) electrons. The molecule has 2 unspecified atom stereocenters. The lowest BCUT2D eigenvalue weighted by atomic mass is 10.0. The zero-order valence-electron chi connectivity index (χ0n) is 8.15. The van der Waals surface area contributed by atoms with Crippen molar-refractivity contribution in [1.29, 1.82) is 0 Å². The molecule has 0 saturated heterocycles. The Morgan fingerprint density at radius 1 is 1.38 bits per heavy atom. The molecule has 1 rings (SSSR count). The number of allylic oxidation sites excluding steroid dienone is 4. The minimum absolute atomic E-state index is 0.0973. The Morgan fingerprint density at radius 3 is 2.85 bits per heavy atom. The quantitative estimate of drug-likeness (QED) is 0.480. The van der Waals surface area contributed by atoms with Gasteiger partial charge >= 0.3 is 0 Å². The van der Waals surface area contributed by atoms with Crippen LogP contribution in [0.1, 0.15) is 32.6 Å². The first-order valence-corrected chi connectivity index (χ1v) is 4.97. The van der Waals surface area contributed by atoms with E-state index < -0.39 is 0 Å². The fourth-order valence-electron chi connectivity index (χ4n) is 1.82. The van der Waals surface area contributed by atoms with Crippen molar-refractivity contribution < 1.29 is 0 Å². The van der Waals surface area contributed by atoms with E-state index in [4.69, 9.17) is 0 Å². The summed E-state index contributed by atoms with van der Waals surface area (Å²) in [6.45, 7) is 2.01. The van der Waals surface area contributed by atoms with Crippen molar-refractivity contribution in [2.45, 2.75) is 38.6 Å². The molecule has 2 atom stereocenters. The first-order chi connectivity index (χ1) is 6.36. The lowest BCUT2D eigenvalue weighted by Crippen LogP contribution is -1.96. The van der Waals surface area contributed by atoms with Gasteiger partial charge in [0.2, 0.25) is 0 Å². The topological polar surface area (TPSA) is 29.4 Å². The van der Waals surface area contributed by atoms with Gasteiger partial charge in [-0.25, -0.2) is 0 Å². The van der Waals surface area contributed by atoms with Crippen LogP contribution in [0.5, 0.6) is 0 Å². The van der Waals surface area contributed by atoms with E-state index in [1.807, 2.05) is 19.1 Å². The molecule has 0 aromatic heterocycles. The van der Waals surface area contributed by atoms with Crippen LogP contribution in [0.3, 0.4) is 0 Å². The standard InChI is InChI=1S/C11H17NO/c1-2-3-4-5-6-10-7-8-11(9-10)12-13/h2-5,10-11H,6-9H2,1H3. The molecule has 13 heavy (non-hydrogen) atoms. The van der Waals surface area contributed by atoms with E-state index in [1.165, 1.54) is 0 Å². The van der Waals surface area contributed by atoms with Crippen molar-refractivity contribution in [2.24, 2.45) is 11.1 Å². The fraction of sp³-hybridized carbons (Fsp3) is 0.636. The van der Waals surface area contributed by atoms with Crippen molar-refractivity contribution >= 4 is 0 Å². The third kappa shape index (κ3) is 3.53. The minimum Gasteiger partial charge on any atom is -0.151 e. The molecule has 1 fully saturated rings. The maximum Gasteiger partial charge on any atom is 0.0922 e. The van der Waals surface area contributed by atoms with Crippen LogP contribution < -0.4 is 0 Å². The molecule has 0 amide bonds. The van der Waals surface area contributed by atoms with Gasteiger partial charge in [-0.15, -0.1) is 0 Å². The maximum absolute atomic E-state index is 10.2. The maximum atomic E-state index is 10.2. The van der Waals surface area contributed by atoms with Crippen LogP contribution in [-0.4, -0.2) is 6.04 Å². The van der Waals surface area contributed by atoms with Crippen molar-refractivity contribution in [3.05, 3.63) is 29.2 Å². The monoisotopic (exact) mass is 179 g/mol. The second-order valence-electron chi connectivity index (χ2n) is 3.63. The average Bonchev–Trinajstić information content (AvgIpc) is 2.60. The zero-order valence-corrected chi connectivity index (χ0v) is 8.15. The third-order valence-corrected chi connectivity index (χ3v) is 2.57. The van der Waals surface area contributed by atoms with Crippen molar-refractivity contribution in [3.63, 3.8) is 0 Å². The molecule has 0 aromatic rings. The van der Waals surface area contributed by atoms with E-state index in [1.54, 1.807) is 0 Å². The van der Waals surface area contributed by atoms with Crippen molar-refractivity contribution in [3.8, 4) is 0 Å². The van der Waals surface area contributed by atoms with Crippen LogP contribution in [0.15, 0.2) is 29.5 Å². The lowest BCUT2D eigenvalue weighted by Gasteiger charge is -2.02. The number of nitrogens with zero attached hydrogens (tertiary/aromatic N) is 1. The summed E-state index contributed by atoms with van der Waals surface area (Å²) < 4.78 is 0. The molecular weight excluding hydrogens is 162 g/mol. The van der Waals surface area contributed by atoms with Gasteiger partial charge in [0.25, 0.3) is 0 Å². The van der Waals surface area contributed by atoms with Crippen molar-refractivity contribution in [2.75, 3.05) is 0 Å². The summed E-state index contributed by atoms with van der Waals surface area (Å²) in [7, 11) is 0. The summed E-state index contributed by atoms with van der Waals surface area (Å²) in [5.41, 5.74) is 0. The summed E-state index contributed by atoms with van der Waals surface area (Å²) >= 11 is 0. The molecule has 0 N–H and O–H groups in total. The second kappa shape index (κ2) is 5.68. The Morgan fingerprint density at radius 2 is 2.23 bits per heavy atom. The predicted molar refractivity (Wildman–Crippen MR) is 55.5 cm³/mol. The Balaban J connectivity index is 2.20. The molecule has 0 spiro atoms. The molecule has 2 nitrogen and oxygen atoms in total. The molecular formula is C11H17NO. The Labute approximate surface area is 79.7 Å². The first-order valence-electron chi connectivity index (χ1n) is 4.97. The minimum atomic E-state index is 0.0973. The van der Waals surface area contributed by atoms with E-state index >= 15 is 0 Å². The lowest BCUT2D eigenvalue weighted by molar-refractivity contribution is 0.545. The van der Waals surface area contributed by atoms with Gasteiger partial charge in [-0.3, -0.25) is 0 Å². The highest BCUT2D eigenvalue weighted by Gasteiger charge is 2.23. The van der Waals surface area contributed by atoms with Gasteiger partial charge in [0.1, 0.15) is 0 Å². The Bertz CT molecular complexity index is 208. The highest BCUT2D eigenvalue weighted by molar-refractivity contribution is 5.02. The van der Waals surface area contributed by atoms with Gasteiger partial charge in [-0.05, 0) is 38.5 Å². The average molecular weight is 179 g/mol. The van der Waals surface area contributed by atoms with Crippen LogP contribution >= 0.6 is 0 Å². The fourth-order valence-corrected chi connectivity index (χ4v) is 1.82. The SMILES string of the molecule is CC=CC=CCC1CCC(N=O)C1. The molecule has 0 aliphatic heterocycles. The molecule has 1 aliphatic carbocycles. The van der Waals surface area contributed by atoms with Crippen LogP contribution in [0.2, 0.25) is 0 Å². The Kier molecular flexibility index (Phi) is 4.44. The van der Waals surface area contributed by atoms with Crippen LogP contribution in [0, 0.1) is 10.8 Å². The van der Waals surface area contributed by atoms with Gasteiger partial charge in [-0.1, -0.05) is 29.5 Å². The summed E-state index contributed by atoms with van der Waals surface area (Å²) in [5.74, 6) is 0.684. The highest BCUT2D eigenvalue weighted by atomic mass is 16.3. The van der Waals surface area contributed by atoms with Gasteiger partial charge in [0, 0.05) is 0 Å². The number of nitroso groups, excluding NO2 is 1. The summed E-state index contributed by atoms with van der Waals surface area (Å²) in [4.78, 5) is 10.2. The smallest absolute Gasteiger partial charge is 0.0922 e. The molecule has 0 heterocycles. The predicted octanol–water partition coefficient (Wildman–Crippen LogP) is 3.44. The zero-order chi connectivity index (χ0) is 9.52. The normalized spacial score (nSPS) is 29.0. The Hall–Kier alpha value is -0.920. The third-order valence-electron chi connectivity index (χ3n) is 2.57. The van der Waals surface area contributed by atoms with Crippen LogP contribution in [0.4, 0.5) is 0 Å². The van der Waals surface area contributed by atoms with E-state index in [0.717, 1.165) is 25.7 Å². The summed E-state index contributed by atoms with van der Waals surface area (Å²) in [6, 6.07) is 0.0973. The van der Waals surface area contributed by atoms with Crippen LogP contribution in [0.25, 0.3) is 0 Å². The van der Waals surface area contributed by atoms with Gasteiger partial charge < -0.3 is 0 Å². The van der Waals surface area contributed by atoms with E-state index in [0.29, 0.717) is 5.92 Å². The number of rotatable bonds is 4. The summed E-state index contributed by atoms with van der Waals surface area (Å²) in [5, 5.41) is 3.09. The van der Waals surface area contributed by atoms with Gasteiger partial charge in [0.05, 0.1) is 6.04 Å². The van der Waals surface area contributed by atoms with Gasteiger partial charge in [0.15, 0.2) is 0 Å². The number of hydrogen-bond donors (Lipinski definition) is 0. The van der Waals surface area contributed by atoms with Gasteiger partial charge in [-0.2, -0.15) is 4.91 Å². The molecule has 1 aliphatic rings. The highest BCUT2D eigenvalue weighted by Crippen LogP contribution is 2.30. The molecule has 1 saturated carbocycles. The van der Waals surface area contributed by atoms with E-state index in [2.05, 4.69) is 17.3 Å². The van der Waals surface area contributed by atoms with Crippen molar-refractivity contribution in [1.82, 2.24) is 0 Å². The van der Waals surface area contributed by atoms with E-state index in [-0.39, 0.29) is 6.04 Å². The number of hydrogen-bond acceptors (Lipinski definition) is 2. The molecule has 72 valence electrons. The molecule has 0 bridgehead atoms. The second-order valence-corrected chi connectivity index (χ2v) is 3.63. The van der Waals surface area contributed by atoms with E-state index in [9.17, 15) is 4.91 Å². The first kappa shape index (κ1) is 10.2.